The van der Waals surface area contributed by atoms with E-state index < -0.39 is 0 Å². The molecule has 0 fully saturated rings. The van der Waals surface area contributed by atoms with E-state index in [0.717, 1.165) is 24.3 Å². The van der Waals surface area contributed by atoms with E-state index in [1.165, 1.54) is 44.9 Å². The van der Waals surface area contributed by atoms with E-state index in [0.29, 0.717) is 6.42 Å². The Hall–Kier alpha value is -1.22. The molecule has 0 spiro atoms. The molecule has 0 aliphatic heterocycles. The Morgan fingerprint density at radius 2 is 1.50 bits per heavy atom. The van der Waals surface area contributed by atoms with Crippen LogP contribution in [0.5, 0.6) is 5.75 Å². The fourth-order valence-electron chi connectivity index (χ4n) is 2.35. The first-order valence-corrected chi connectivity index (χ1v) is 8.27. The molecule has 0 aromatic heterocycles. The van der Waals surface area contributed by atoms with Gasteiger partial charge in [-0.05, 0) is 24.1 Å². The average molecular weight is 327 g/mol. The van der Waals surface area contributed by atoms with Gasteiger partial charge in [-0.1, -0.05) is 64.0 Å². The Morgan fingerprint density at radius 3 is 2.05 bits per heavy atom. The van der Waals surface area contributed by atoms with E-state index in [1.54, 1.807) is 0 Å². The van der Waals surface area contributed by atoms with Gasteiger partial charge in [0.25, 0.3) is 0 Å². The van der Waals surface area contributed by atoms with E-state index in [1.807, 2.05) is 24.3 Å². The molecular weight excluding hydrogens is 296 g/mol. The molecule has 0 saturated carbocycles. The Bertz CT molecular complexity index is 393. The average Bonchev–Trinajstić information content (AvgIpc) is 2.47. The maximum atomic E-state index is 7.26. The van der Waals surface area contributed by atoms with Gasteiger partial charge in [-0.2, -0.15) is 0 Å². The van der Waals surface area contributed by atoms with Gasteiger partial charge in [0.2, 0.25) is 0 Å². The molecule has 4 heteroatoms. The van der Waals surface area contributed by atoms with Crippen molar-refractivity contribution in [3.63, 3.8) is 0 Å². The minimum absolute atomic E-state index is 0. The number of ether oxygens (including phenoxy) is 1. The van der Waals surface area contributed by atoms with Crippen molar-refractivity contribution in [2.24, 2.45) is 5.73 Å². The highest BCUT2D eigenvalue weighted by Crippen LogP contribution is 2.14. The Balaban J connectivity index is 0.00000441. The van der Waals surface area contributed by atoms with Crippen LogP contribution in [0.2, 0.25) is 0 Å². The number of rotatable bonds is 12. The molecule has 22 heavy (non-hydrogen) atoms. The molecule has 0 unspecified atom stereocenters. The molecule has 0 heterocycles. The van der Waals surface area contributed by atoms with Crippen molar-refractivity contribution in [1.29, 1.82) is 5.41 Å². The normalized spacial score (nSPS) is 10.0. The van der Waals surface area contributed by atoms with Gasteiger partial charge in [-0.15, -0.1) is 12.4 Å². The van der Waals surface area contributed by atoms with Gasteiger partial charge in [0, 0.05) is 6.42 Å². The Morgan fingerprint density at radius 1 is 0.955 bits per heavy atom. The lowest BCUT2D eigenvalue weighted by atomic mass is 10.1. The van der Waals surface area contributed by atoms with Crippen molar-refractivity contribution in [2.45, 2.75) is 64.7 Å². The van der Waals surface area contributed by atoms with Crippen LogP contribution < -0.4 is 10.5 Å². The van der Waals surface area contributed by atoms with E-state index in [-0.39, 0.29) is 18.2 Å². The van der Waals surface area contributed by atoms with Gasteiger partial charge in [-0.25, -0.2) is 0 Å². The van der Waals surface area contributed by atoms with Crippen molar-refractivity contribution in [3.8, 4) is 5.75 Å². The molecule has 0 bridgehead atoms. The molecule has 1 aromatic rings. The summed E-state index contributed by atoms with van der Waals surface area (Å²) in [5.41, 5.74) is 6.44. The highest BCUT2D eigenvalue weighted by molar-refractivity contribution is 5.85. The zero-order chi connectivity index (χ0) is 15.3. The predicted octanol–water partition coefficient (Wildman–Crippen LogP) is 5.11. The summed E-state index contributed by atoms with van der Waals surface area (Å²) in [6.07, 6.45) is 11.0. The molecule has 0 atom stereocenters. The molecule has 0 radical (unpaired) electrons. The van der Waals surface area contributed by atoms with Gasteiger partial charge in [-0.3, -0.25) is 5.41 Å². The lowest BCUT2D eigenvalue weighted by molar-refractivity contribution is 0.304. The number of amidine groups is 1. The summed E-state index contributed by atoms with van der Waals surface area (Å²) in [6.45, 7) is 3.05. The molecular formula is C18H31ClN2O. The van der Waals surface area contributed by atoms with Crippen LogP contribution in [0.1, 0.15) is 63.9 Å². The predicted molar refractivity (Wildman–Crippen MR) is 97.4 cm³/mol. The SMILES string of the molecule is CCCCCCCCCCOc1ccc(CC(=N)N)cc1.Cl. The smallest absolute Gasteiger partial charge is 0.119 e. The third-order valence-corrected chi connectivity index (χ3v) is 3.58. The van der Waals surface area contributed by atoms with Gasteiger partial charge in [0.15, 0.2) is 0 Å². The summed E-state index contributed by atoms with van der Waals surface area (Å²) in [5, 5.41) is 7.26. The quantitative estimate of drug-likeness (QED) is 0.318. The van der Waals surface area contributed by atoms with Crippen molar-refractivity contribution >= 4 is 18.2 Å². The largest absolute Gasteiger partial charge is 0.494 e. The standard InChI is InChI=1S/C18H30N2O.ClH/c1-2-3-4-5-6-7-8-9-14-21-17-12-10-16(11-13-17)15-18(19)20;/h10-13H,2-9,14-15H2,1H3,(H3,19,20);1H. The van der Waals surface area contributed by atoms with E-state index in [9.17, 15) is 0 Å². The topological polar surface area (TPSA) is 59.1 Å². The minimum atomic E-state index is 0. The number of hydrogen-bond donors (Lipinski definition) is 2. The molecule has 0 aliphatic carbocycles. The first-order chi connectivity index (χ1) is 10.2. The first kappa shape index (κ1) is 20.8. The second kappa shape index (κ2) is 13.4. The van der Waals surface area contributed by atoms with Crippen LogP contribution in [0.3, 0.4) is 0 Å². The number of nitrogens with one attached hydrogen (secondary N) is 1. The zero-order valence-corrected chi connectivity index (χ0v) is 14.6. The van der Waals surface area contributed by atoms with Crippen LogP contribution in [0, 0.1) is 5.41 Å². The lowest BCUT2D eigenvalue weighted by Crippen LogP contribution is -2.12. The molecule has 0 amide bonds. The van der Waals surface area contributed by atoms with E-state index in [2.05, 4.69) is 6.92 Å². The molecule has 1 rings (SSSR count). The Kier molecular flexibility index (Phi) is 12.7. The van der Waals surface area contributed by atoms with E-state index >= 15 is 0 Å². The zero-order valence-electron chi connectivity index (χ0n) is 13.8. The third-order valence-electron chi connectivity index (χ3n) is 3.58. The van der Waals surface area contributed by atoms with Crippen LogP contribution in [0.15, 0.2) is 24.3 Å². The fourth-order valence-corrected chi connectivity index (χ4v) is 2.35. The Labute approximate surface area is 141 Å². The van der Waals surface area contributed by atoms with Gasteiger partial charge in [0.05, 0.1) is 12.4 Å². The molecule has 0 aliphatic rings. The molecule has 126 valence electrons. The number of unbranched alkanes of at least 4 members (excludes halogenated alkanes) is 7. The van der Waals surface area contributed by atoms with Gasteiger partial charge < -0.3 is 10.5 Å². The van der Waals surface area contributed by atoms with Crippen LogP contribution in [0.25, 0.3) is 0 Å². The summed E-state index contributed by atoms with van der Waals surface area (Å²) < 4.78 is 5.73. The summed E-state index contributed by atoms with van der Waals surface area (Å²) in [7, 11) is 0. The molecule has 3 N–H and O–H groups in total. The maximum Gasteiger partial charge on any atom is 0.119 e. The minimum Gasteiger partial charge on any atom is -0.494 e. The second-order valence-electron chi connectivity index (χ2n) is 5.67. The van der Waals surface area contributed by atoms with Crippen molar-refractivity contribution in [1.82, 2.24) is 0 Å². The second-order valence-corrected chi connectivity index (χ2v) is 5.67. The van der Waals surface area contributed by atoms with Crippen LogP contribution in [0.4, 0.5) is 0 Å². The number of hydrogen-bond acceptors (Lipinski definition) is 2. The van der Waals surface area contributed by atoms with Crippen molar-refractivity contribution in [2.75, 3.05) is 6.61 Å². The number of nitrogens with two attached hydrogens (primary N) is 1. The van der Waals surface area contributed by atoms with E-state index in [4.69, 9.17) is 15.9 Å². The summed E-state index contributed by atoms with van der Waals surface area (Å²) in [4.78, 5) is 0. The van der Waals surface area contributed by atoms with Gasteiger partial charge in [0.1, 0.15) is 5.75 Å². The highest BCUT2D eigenvalue weighted by atomic mass is 35.5. The van der Waals surface area contributed by atoms with Crippen LogP contribution >= 0.6 is 12.4 Å². The van der Waals surface area contributed by atoms with Crippen LogP contribution in [-0.4, -0.2) is 12.4 Å². The molecule has 1 aromatic carbocycles. The highest BCUT2D eigenvalue weighted by Gasteiger charge is 1.98. The first-order valence-electron chi connectivity index (χ1n) is 8.27. The fraction of sp³-hybridized carbons (Fsp3) is 0.611. The summed E-state index contributed by atoms with van der Waals surface area (Å²) in [6, 6.07) is 7.88. The molecule has 3 nitrogen and oxygen atoms in total. The van der Waals surface area contributed by atoms with Crippen molar-refractivity contribution < 1.29 is 4.74 Å². The summed E-state index contributed by atoms with van der Waals surface area (Å²) >= 11 is 0. The van der Waals surface area contributed by atoms with Crippen molar-refractivity contribution in [3.05, 3.63) is 29.8 Å². The number of benzene rings is 1. The maximum absolute atomic E-state index is 7.26. The van der Waals surface area contributed by atoms with Gasteiger partial charge >= 0.3 is 0 Å². The van der Waals surface area contributed by atoms with Crippen LogP contribution in [-0.2, 0) is 6.42 Å². The number of halogens is 1. The lowest BCUT2D eigenvalue weighted by Gasteiger charge is -2.07. The third kappa shape index (κ3) is 10.5. The monoisotopic (exact) mass is 326 g/mol. The molecule has 0 saturated heterocycles. The summed E-state index contributed by atoms with van der Waals surface area (Å²) in [5.74, 6) is 1.10.